The molecule has 5 nitrogen and oxygen atoms in total. The van der Waals surface area contributed by atoms with Crippen LogP contribution in [0.1, 0.15) is 0 Å². The molecule has 0 aliphatic heterocycles. The minimum absolute atomic E-state index is 0.0312. The molecule has 98 valence electrons. The first-order valence-corrected chi connectivity index (χ1v) is 6.81. The van der Waals surface area contributed by atoms with Crippen molar-refractivity contribution in [1.82, 2.24) is 0 Å². The number of carbonyl (C=O) groups is 1. The molecule has 2 rings (SSSR count). The number of benzene rings is 2. The van der Waals surface area contributed by atoms with E-state index in [4.69, 9.17) is 0 Å². The Morgan fingerprint density at radius 2 is 1.47 bits per heavy atom. The quantitative estimate of drug-likeness (QED) is 0.834. The van der Waals surface area contributed by atoms with Crippen molar-refractivity contribution in [2.75, 3.05) is 0 Å². The minimum atomic E-state index is -4.06. The molecule has 0 radical (unpaired) electrons. The lowest BCUT2D eigenvalue weighted by atomic mass is 10.1. The SMILES string of the molecule is O=CS(=O)(=O)c1ccc(O)cc1-c1ccc(O)cc1. The van der Waals surface area contributed by atoms with Crippen LogP contribution in [-0.4, -0.2) is 24.2 Å². The van der Waals surface area contributed by atoms with Gasteiger partial charge >= 0.3 is 0 Å². The van der Waals surface area contributed by atoms with Gasteiger partial charge in [-0.25, -0.2) is 8.42 Å². The van der Waals surface area contributed by atoms with Gasteiger partial charge in [0.25, 0.3) is 0 Å². The van der Waals surface area contributed by atoms with Crippen molar-refractivity contribution in [3.8, 4) is 22.6 Å². The largest absolute Gasteiger partial charge is 0.508 e. The Balaban J connectivity index is 2.71. The number of aromatic hydroxyl groups is 2. The number of sulfone groups is 1. The first-order valence-electron chi connectivity index (χ1n) is 5.27. The van der Waals surface area contributed by atoms with Crippen molar-refractivity contribution < 1.29 is 23.4 Å². The molecule has 0 aliphatic rings. The van der Waals surface area contributed by atoms with Crippen LogP contribution >= 0.6 is 0 Å². The maximum absolute atomic E-state index is 11.7. The zero-order valence-corrected chi connectivity index (χ0v) is 10.5. The lowest BCUT2D eigenvalue weighted by Gasteiger charge is -2.08. The molecule has 0 fully saturated rings. The number of phenolic OH excluding ortho intramolecular Hbond substituents is 2. The summed E-state index contributed by atoms with van der Waals surface area (Å²) in [5.41, 5.74) is 0.532. The average Bonchev–Trinajstić information content (AvgIpc) is 2.39. The number of phenols is 2. The van der Waals surface area contributed by atoms with E-state index in [1.807, 2.05) is 0 Å². The first-order chi connectivity index (χ1) is 8.94. The number of hydrogen-bond acceptors (Lipinski definition) is 5. The molecule has 0 heterocycles. The lowest BCUT2D eigenvalue weighted by molar-refractivity contribution is 0.475. The molecule has 2 aromatic rings. The summed E-state index contributed by atoms with van der Waals surface area (Å²) in [7, 11) is -4.06. The van der Waals surface area contributed by atoms with Gasteiger partial charge in [-0.1, -0.05) is 12.1 Å². The van der Waals surface area contributed by atoms with E-state index >= 15 is 0 Å². The highest BCUT2D eigenvalue weighted by atomic mass is 32.2. The maximum atomic E-state index is 11.7. The molecule has 0 saturated heterocycles. The minimum Gasteiger partial charge on any atom is -0.508 e. The van der Waals surface area contributed by atoms with Crippen LogP contribution in [0.5, 0.6) is 11.5 Å². The van der Waals surface area contributed by atoms with Crippen molar-refractivity contribution >= 4 is 15.5 Å². The van der Waals surface area contributed by atoms with E-state index < -0.39 is 9.84 Å². The fourth-order valence-electron chi connectivity index (χ4n) is 1.68. The van der Waals surface area contributed by atoms with Crippen molar-refractivity contribution in [3.05, 3.63) is 42.5 Å². The summed E-state index contributed by atoms with van der Waals surface area (Å²) in [6.07, 6.45) is 0. The van der Waals surface area contributed by atoms with Crippen molar-refractivity contribution in [2.24, 2.45) is 0 Å². The van der Waals surface area contributed by atoms with Gasteiger partial charge in [-0.15, -0.1) is 0 Å². The number of hydrogen-bond donors (Lipinski definition) is 2. The van der Waals surface area contributed by atoms with Gasteiger partial charge in [-0.3, -0.25) is 4.79 Å². The van der Waals surface area contributed by atoms with Gasteiger partial charge in [0.1, 0.15) is 11.5 Å². The zero-order chi connectivity index (χ0) is 14.0. The summed E-state index contributed by atoms with van der Waals surface area (Å²) in [4.78, 5) is 10.5. The van der Waals surface area contributed by atoms with E-state index in [1.165, 1.54) is 42.5 Å². The maximum Gasteiger partial charge on any atom is 0.238 e. The van der Waals surface area contributed by atoms with Crippen molar-refractivity contribution in [2.45, 2.75) is 4.90 Å². The van der Waals surface area contributed by atoms with E-state index in [2.05, 4.69) is 0 Å². The molecule has 2 aromatic carbocycles. The zero-order valence-electron chi connectivity index (χ0n) is 9.65. The van der Waals surface area contributed by atoms with Crippen molar-refractivity contribution in [1.29, 1.82) is 0 Å². The van der Waals surface area contributed by atoms with E-state index in [0.717, 1.165) is 0 Å². The third-order valence-corrected chi connectivity index (χ3v) is 3.80. The van der Waals surface area contributed by atoms with Crippen LogP contribution in [0, 0.1) is 0 Å². The normalized spacial score (nSPS) is 11.2. The van der Waals surface area contributed by atoms with Crippen LogP contribution in [0.3, 0.4) is 0 Å². The van der Waals surface area contributed by atoms with Crippen LogP contribution in [-0.2, 0) is 14.6 Å². The summed E-state index contributed by atoms with van der Waals surface area (Å²) in [6.45, 7) is 0. The average molecular weight is 278 g/mol. The Bertz CT molecular complexity index is 717. The second-order valence-electron chi connectivity index (χ2n) is 3.87. The van der Waals surface area contributed by atoms with E-state index in [1.54, 1.807) is 0 Å². The van der Waals surface area contributed by atoms with Crippen LogP contribution in [0.4, 0.5) is 0 Å². The molecule has 0 aromatic heterocycles. The Morgan fingerprint density at radius 3 is 2.05 bits per heavy atom. The summed E-state index contributed by atoms with van der Waals surface area (Å²) >= 11 is 0. The first kappa shape index (κ1) is 13.1. The Labute approximate surface area is 109 Å². The van der Waals surface area contributed by atoms with E-state index in [0.29, 0.717) is 5.56 Å². The second kappa shape index (κ2) is 4.74. The predicted octanol–water partition coefficient (Wildman–Crippen LogP) is 1.73. The van der Waals surface area contributed by atoms with Crippen LogP contribution < -0.4 is 0 Å². The summed E-state index contributed by atoms with van der Waals surface area (Å²) < 4.78 is 23.3. The Hall–Kier alpha value is -2.34. The molecule has 0 atom stereocenters. The Kier molecular flexibility index (Phi) is 3.26. The summed E-state index contributed by atoms with van der Waals surface area (Å²) in [5, 5.41) is 18.7. The number of rotatable bonds is 3. The van der Waals surface area contributed by atoms with E-state index in [9.17, 15) is 23.4 Å². The molecule has 19 heavy (non-hydrogen) atoms. The summed E-state index contributed by atoms with van der Waals surface area (Å²) in [5.74, 6) is -0.0865. The highest BCUT2D eigenvalue weighted by molar-refractivity contribution is 8.04. The van der Waals surface area contributed by atoms with Gasteiger partial charge in [0.05, 0.1) is 4.90 Å². The van der Waals surface area contributed by atoms with Gasteiger partial charge in [-0.05, 0) is 35.9 Å². The lowest BCUT2D eigenvalue weighted by Crippen LogP contribution is -2.03. The standard InChI is InChI=1S/C13H10O5S/c14-8-19(17,18)13-6-5-11(16)7-12(13)9-1-3-10(15)4-2-9/h1-8,15-16H. The second-order valence-corrected chi connectivity index (χ2v) is 5.59. The van der Waals surface area contributed by atoms with Gasteiger partial charge in [0, 0.05) is 5.56 Å². The molecular weight excluding hydrogens is 268 g/mol. The highest BCUT2D eigenvalue weighted by Gasteiger charge is 2.19. The fraction of sp³-hybridized carbons (Fsp3) is 0. The third kappa shape index (κ3) is 2.58. The molecule has 0 spiro atoms. The molecule has 6 heteroatoms. The monoisotopic (exact) mass is 278 g/mol. The van der Waals surface area contributed by atoms with Crippen LogP contribution in [0.15, 0.2) is 47.4 Å². The molecule has 0 bridgehead atoms. The fourth-order valence-corrected chi connectivity index (χ4v) is 2.53. The van der Waals surface area contributed by atoms with Gasteiger partial charge in [0.2, 0.25) is 15.5 Å². The Morgan fingerprint density at radius 1 is 0.895 bits per heavy atom. The molecule has 0 amide bonds. The summed E-state index contributed by atoms with van der Waals surface area (Å²) in [6, 6.07) is 9.37. The molecule has 2 N–H and O–H groups in total. The van der Waals surface area contributed by atoms with Crippen LogP contribution in [0.2, 0.25) is 0 Å². The number of carbonyl (C=O) groups excluding carboxylic acids is 1. The van der Waals surface area contributed by atoms with Gasteiger partial charge in [-0.2, -0.15) is 0 Å². The topological polar surface area (TPSA) is 91.7 Å². The smallest absolute Gasteiger partial charge is 0.238 e. The van der Waals surface area contributed by atoms with E-state index in [-0.39, 0.29) is 27.6 Å². The van der Waals surface area contributed by atoms with Gasteiger partial charge < -0.3 is 10.2 Å². The third-order valence-electron chi connectivity index (χ3n) is 2.57. The molecule has 0 aliphatic carbocycles. The van der Waals surface area contributed by atoms with Crippen molar-refractivity contribution in [3.63, 3.8) is 0 Å². The molecule has 0 saturated carbocycles. The highest BCUT2D eigenvalue weighted by Crippen LogP contribution is 2.31. The molecule has 0 unspecified atom stereocenters. The van der Waals surface area contributed by atoms with Gasteiger partial charge in [0.15, 0.2) is 0 Å². The van der Waals surface area contributed by atoms with Crippen LogP contribution in [0.25, 0.3) is 11.1 Å². The predicted molar refractivity (Wildman–Crippen MR) is 69.1 cm³/mol. The molecular formula is C13H10O5S.